The van der Waals surface area contributed by atoms with Gasteiger partial charge in [-0.15, -0.1) is 0 Å². The Labute approximate surface area is 185 Å². The lowest BCUT2D eigenvalue weighted by Gasteiger charge is -2.14. The van der Waals surface area contributed by atoms with Crippen LogP contribution >= 0.6 is 28.1 Å². The van der Waals surface area contributed by atoms with Crippen molar-refractivity contribution in [3.8, 4) is 11.5 Å². The van der Waals surface area contributed by atoms with E-state index in [0.29, 0.717) is 49.2 Å². The Kier molecular flexibility index (Phi) is 9.90. The average molecular weight is 481 g/mol. The maximum Gasteiger partial charge on any atom is 0.261 e. The third-order valence-electron chi connectivity index (χ3n) is 3.67. The first-order chi connectivity index (χ1) is 14.0. The molecule has 8 heteroatoms. The monoisotopic (exact) mass is 480 g/mol. The number of amides is 1. The third kappa shape index (κ3) is 8.00. The third-order valence-corrected chi connectivity index (χ3v) is 4.36. The van der Waals surface area contributed by atoms with Crippen LogP contribution in [0.5, 0.6) is 11.5 Å². The minimum absolute atomic E-state index is 0.183. The van der Waals surface area contributed by atoms with E-state index in [2.05, 4.69) is 26.6 Å². The molecule has 0 aromatic heterocycles. The van der Waals surface area contributed by atoms with Gasteiger partial charge in [0.25, 0.3) is 5.91 Å². The molecule has 6 nitrogen and oxygen atoms in total. The highest BCUT2D eigenvalue weighted by Crippen LogP contribution is 2.23. The lowest BCUT2D eigenvalue weighted by molar-refractivity contribution is 0.0973. The zero-order valence-electron chi connectivity index (χ0n) is 16.5. The first-order valence-electron chi connectivity index (χ1n) is 9.38. The van der Waals surface area contributed by atoms with Crippen LogP contribution in [0.2, 0.25) is 0 Å². The van der Waals surface area contributed by atoms with E-state index in [0.717, 1.165) is 10.9 Å². The van der Waals surface area contributed by atoms with Crippen LogP contribution in [0.25, 0.3) is 0 Å². The molecule has 1 amide bonds. The number of ether oxygens (including phenoxy) is 3. The van der Waals surface area contributed by atoms with Crippen molar-refractivity contribution < 1.29 is 19.0 Å². The second kappa shape index (κ2) is 12.4. The fourth-order valence-corrected chi connectivity index (χ4v) is 2.95. The number of nitrogens with one attached hydrogen (secondary N) is 2. The van der Waals surface area contributed by atoms with Gasteiger partial charge in [0.15, 0.2) is 5.11 Å². The molecule has 156 valence electrons. The molecule has 0 heterocycles. The van der Waals surface area contributed by atoms with Crippen LogP contribution in [0, 0.1) is 0 Å². The summed E-state index contributed by atoms with van der Waals surface area (Å²) in [6.07, 6.45) is 0.847. The first-order valence-corrected chi connectivity index (χ1v) is 10.6. The van der Waals surface area contributed by atoms with E-state index in [-0.39, 0.29) is 11.0 Å². The Balaban J connectivity index is 1.97. The highest BCUT2D eigenvalue weighted by Gasteiger charge is 2.15. The Morgan fingerprint density at radius 2 is 1.90 bits per heavy atom. The van der Waals surface area contributed by atoms with Gasteiger partial charge < -0.3 is 19.5 Å². The smallest absolute Gasteiger partial charge is 0.261 e. The molecule has 0 aliphatic heterocycles. The summed E-state index contributed by atoms with van der Waals surface area (Å²) in [5.41, 5.74) is 1.12. The molecule has 0 atom stereocenters. The molecule has 0 spiro atoms. The molecule has 0 saturated carbocycles. The summed E-state index contributed by atoms with van der Waals surface area (Å²) >= 11 is 8.67. The van der Waals surface area contributed by atoms with Crippen molar-refractivity contribution in [3.05, 3.63) is 52.5 Å². The lowest BCUT2D eigenvalue weighted by Crippen LogP contribution is -2.34. The van der Waals surface area contributed by atoms with Crippen molar-refractivity contribution in [2.45, 2.75) is 20.3 Å². The van der Waals surface area contributed by atoms with Crippen molar-refractivity contribution in [1.82, 2.24) is 5.32 Å². The lowest BCUT2D eigenvalue weighted by atomic mass is 10.2. The van der Waals surface area contributed by atoms with Gasteiger partial charge >= 0.3 is 0 Å². The zero-order chi connectivity index (χ0) is 21.1. The van der Waals surface area contributed by atoms with Crippen LogP contribution in [-0.4, -0.2) is 37.4 Å². The molecule has 29 heavy (non-hydrogen) atoms. The Bertz CT molecular complexity index is 832. The Morgan fingerprint density at radius 1 is 1.07 bits per heavy atom. The summed E-state index contributed by atoms with van der Waals surface area (Å²) in [5.74, 6) is 0.852. The number of benzene rings is 2. The van der Waals surface area contributed by atoms with Crippen LogP contribution in [0.15, 0.2) is 46.9 Å². The number of carbonyl (C=O) groups is 1. The highest BCUT2D eigenvalue weighted by molar-refractivity contribution is 9.10. The van der Waals surface area contributed by atoms with E-state index in [1.807, 2.05) is 38.1 Å². The minimum atomic E-state index is -0.348. The van der Waals surface area contributed by atoms with Crippen LogP contribution in [0.1, 0.15) is 30.6 Å². The molecule has 0 unspecified atom stereocenters. The predicted octanol–water partition coefficient (Wildman–Crippen LogP) is 4.78. The van der Waals surface area contributed by atoms with Gasteiger partial charge in [0.05, 0.1) is 18.8 Å². The van der Waals surface area contributed by atoms with Crippen molar-refractivity contribution in [2.24, 2.45) is 0 Å². The molecule has 0 aliphatic carbocycles. The van der Waals surface area contributed by atoms with E-state index >= 15 is 0 Å². The molecule has 0 radical (unpaired) electrons. The summed E-state index contributed by atoms with van der Waals surface area (Å²) in [6.45, 7) is 6.11. The molecule has 0 bridgehead atoms. The molecule has 0 fully saturated rings. The molecule has 2 N–H and O–H groups in total. The first kappa shape index (κ1) is 23.1. The molecule has 2 aromatic carbocycles. The van der Waals surface area contributed by atoms with Gasteiger partial charge in [0, 0.05) is 22.8 Å². The molecule has 0 aliphatic rings. The maximum absolute atomic E-state index is 12.7. The minimum Gasteiger partial charge on any atom is -0.493 e. The van der Waals surface area contributed by atoms with Crippen molar-refractivity contribution in [1.29, 1.82) is 0 Å². The van der Waals surface area contributed by atoms with E-state index in [1.165, 1.54) is 0 Å². The summed E-state index contributed by atoms with van der Waals surface area (Å²) in [7, 11) is 0. The maximum atomic E-state index is 12.7. The quantitative estimate of drug-likeness (QED) is 0.376. The highest BCUT2D eigenvalue weighted by atomic mass is 79.9. The second-order valence-corrected chi connectivity index (χ2v) is 7.29. The van der Waals surface area contributed by atoms with E-state index < -0.39 is 0 Å². The van der Waals surface area contributed by atoms with E-state index in [4.69, 9.17) is 26.4 Å². The molecular formula is C21H25BrN2O4S. The summed E-state index contributed by atoms with van der Waals surface area (Å²) in [6, 6.07) is 12.6. The Hall–Kier alpha value is -2.16. The van der Waals surface area contributed by atoms with Crippen LogP contribution in [-0.2, 0) is 4.74 Å². The number of anilines is 1. The SMILES string of the molecule is CCCOc1ccc(Br)cc1C(=O)NC(=S)Nc1cccc(OCCOCC)c1. The van der Waals surface area contributed by atoms with Crippen molar-refractivity contribution in [3.63, 3.8) is 0 Å². The fraction of sp³-hybridized carbons (Fsp3) is 0.333. The largest absolute Gasteiger partial charge is 0.493 e. The summed E-state index contributed by atoms with van der Waals surface area (Å²) in [4.78, 5) is 12.7. The molecule has 0 saturated heterocycles. The predicted molar refractivity (Wildman–Crippen MR) is 122 cm³/mol. The topological polar surface area (TPSA) is 68.8 Å². The standard InChI is InChI=1S/C21H25BrN2O4S/c1-3-10-28-19-9-8-15(22)13-18(19)20(25)24-21(29)23-16-6-5-7-17(14-16)27-12-11-26-4-2/h5-9,13-14H,3-4,10-12H2,1-2H3,(H2,23,24,25,29). The molecular weight excluding hydrogens is 456 g/mol. The molecule has 2 aromatic rings. The van der Waals surface area contributed by atoms with E-state index in [9.17, 15) is 4.79 Å². The van der Waals surface area contributed by atoms with Gasteiger partial charge in [-0.1, -0.05) is 28.9 Å². The number of hydrogen-bond acceptors (Lipinski definition) is 5. The number of halogens is 1. The molecule has 2 rings (SSSR count). The van der Waals surface area contributed by atoms with Crippen LogP contribution < -0.4 is 20.1 Å². The van der Waals surface area contributed by atoms with Gasteiger partial charge in [0.1, 0.15) is 18.1 Å². The van der Waals surface area contributed by atoms with Gasteiger partial charge in [-0.25, -0.2) is 0 Å². The van der Waals surface area contributed by atoms with Gasteiger partial charge in [-0.3, -0.25) is 10.1 Å². The number of carbonyl (C=O) groups excluding carboxylic acids is 1. The van der Waals surface area contributed by atoms with Crippen molar-refractivity contribution in [2.75, 3.05) is 31.7 Å². The average Bonchev–Trinajstić information content (AvgIpc) is 2.70. The van der Waals surface area contributed by atoms with Crippen LogP contribution in [0.4, 0.5) is 5.69 Å². The fourth-order valence-electron chi connectivity index (χ4n) is 2.38. The van der Waals surface area contributed by atoms with Gasteiger partial charge in [0.2, 0.25) is 0 Å². The second-order valence-electron chi connectivity index (χ2n) is 5.97. The number of rotatable bonds is 10. The van der Waals surface area contributed by atoms with E-state index in [1.54, 1.807) is 18.2 Å². The zero-order valence-corrected chi connectivity index (χ0v) is 18.9. The summed E-state index contributed by atoms with van der Waals surface area (Å²) in [5, 5.41) is 5.87. The van der Waals surface area contributed by atoms with Crippen LogP contribution in [0.3, 0.4) is 0 Å². The summed E-state index contributed by atoms with van der Waals surface area (Å²) < 4.78 is 17.3. The number of thiocarbonyl (C=S) groups is 1. The number of hydrogen-bond donors (Lipinski definition) is 2. The van der Waals surface area contributed by atoms with Gasteiger partial charge in [-0.2, -0.15) is 0 Å². The van der Waals surface area contributed by atoms with Crippen molar-refractivity contribution >= 4 is 44.9 Å². The Morgan fingerprint density at radius 3 is 2.66 bits per heavy atom. The normalized spacial score (nSPS) is 10.3. The van der Waals surface area contributed by atoms with Gasteiger partial charge in [-0.05, 0) is 55.9 Å².